The van der Waals surface area contributed by atoms with Gasteiger partial charge in [0, 0.05) is 21.7 Å². The van der Waals surface area contributed by atoms with Crippen LogP contribution in [0.1, 0.15) is 16.5 Å². The van der Waals surface area contributed by atoms with E-state index in [4.69, 9.17) is 16.3 Å². The van der Waals surface area contributed by atoms with Crippen LogP contribution in [0.3, 0.4) is 0 Å². The van der Waals surface area contributed by atoms with Crippen molar-refractivity contribution in [2.24, 2.45) is 0 Å². The third kappa shape index (κ3) is 5.22. The molecule has 0 saturated heterocycles. The zero-order valence-corrected chi connectivity index (χ0v) is 17.6. The number of benzene rings is 2. The number of aryl methyl sites for hydroxylation is 1. The van der Waals surface area contributed by atoms with Gasteiger partial charge in [-0.05, 0) is 55.5 Å². The van der Waals surface area contributed by atoms with Crippen molar-refractivity contribution in [1.29, 1.82) is 0 Å². The van der Waals surface area contributed by atoms with Gasteiger partial charge in [0.2, 0.25) is 5.91 Å². The molecule has 0 aliphatic rings. The summed E-state index contributed by atoms with van der Waals surface area (Å²) in [5.41, 5.74) is 2.29. The number of nitrogens with one attached hydrogen (secondary N) is 2. The molecule has 4 aromatic rings. The fraction of sp³-hybridized carbons (Fsp3) is 0.143. The highest BCUT2D eigenvalue weighted by Crippen LogP contribution is 2.20. The van der Waals surface area contributed by atoms with Crippen molar-refractivity contribution in [3.05, 3.63) is 75.5 Å². The van der Waals surface area contributed by atoms with Gasteiger partial charge >= 0.3 is 0 Å². The zero-order chi connectivity index (χ0) is 20.9. The Morgan fingerprint density at radius 3 is 2.60 bits per heavy atom. The molecule has 0 bridgehead atoms. The highest BCUT2D eigenvalue weighted by Gasteiger charge is 2.10. The number of carbonyl (C=O) groups excluding carboxylic acids is 1. The molecule has 2 aromatic heterocycles. The number of hydrogen-bond donors (Lipinski definition) is 2. The Balaban J connectivity index is 1.29. The summed E-state index contributed by atoms with van der Waals surface area (Å²) in [5, 5.41) is 13.2. The number of aromatic amines is 1. The first-order valence-corrected chi connectivity index (χ1v) is 10.4. The molecule has 0 saturated carbocycles. The van der Waals surface area contributed by atoms with Gasteiger partial charge in [0.15, 0.2) is 5.82 Å². The lowest BCUT2D eigenvalue weighted by Gasteiger charge is -2.05. The van der Waals surface area contributed by atoms with Gasteiger partial charge in [0.1, 0.15) is 23.2 Å². The first kappa shape index (κ1) is 20.1. The van der Waals surface area contributed by atoms with E-state index < -0.39 is 0 Å². The standard InChI is InChI=1S/C21H18ClN5O2S/c1-13-23-21(27-26-13)14-2-6-16(7-3-14)24-19(28)10-17-12-30-20(25-17)11-29-18-8-4-15(22)5-9-18/h2-9,12H,10-11H2,1H3,(H,24,28)(H,23,26,27). The van der Waals surface area contributed by atoms with Gasteiger partial charge < -0.3 is 10.1 Å². The van der Waals surface area contributed by atoms with E-state index >= 15 is 0 Å². The molecule has 30 heavy (non-hydrogen) atoms. The van der Waals surface area contributed by atoms with Crippen LogP contribution in [0.25, 0.3) is 11.4 Å². The predicted molar refractivity (Wildman–Crippen MR) is 117 cm³/mol. The maximum atomic E-state index is 12.3. The van der Waals surface area contributed by atoms with E-state index in [-0.39, 0.29) is 12.3 Å². The molecule has 4 rings (SSSR count). The summed E-state index contributed by atoms with van der Waals surface area (Å²) >= 11 is 7.33. The van der Waals surface area contributed by atoms with Gasteiger partial charge in [0.25, 0.3) is 0 Å². The monoisotopic (exact) mass is 439 g/mol. The van der Waals surface area contributed by atoms with Crippen LogP contribution in [-0.2, 0) is 17.8 Å². The van der Waals surface area contributed by atoms with Crippen LogP contribution < -0.4 is 10.1 Å². The van der Waals surface area contributed by atoms with Crippen molar-refractivity contribution in [1.82, 2.24) is 20.2 Å². The van der Waals surface area contributed by atoms with Crippen molar-refractivity contribution in [2.75, 3.05) is 5.32 Å². The lowest BCUT2D eigenvalue weighted by molar-refractivity contribution is -0.115. The second-order valence-electron chi connectivity index (χ2n) is 6.52. The Kier molecular flexibility index (Phi) is 6.06. The summed E-state index contributed by atoms with van der Waals surface area (Å²) in [6, 6.07) is 14.5. The minimum atomic E-state index is -0.132. The van der Waals surface area contributed by atoms with E-state index in [1.807, 2.05) is 36.6 Å². The number of halogens is 1. The summed E-state index contributed by atoms with van der Waals surface area (Å²) in [6.45, 7) is 2.19. The normalized spacial score (nSPS) is 10.7. The number of aromatic nitrogens is 4. The van der Waals surface area contributed by atoms with E-state index in [1.54, 1.807) is 24.3 Å². The Morgan fingerprint density at radius 1 is 1.13 bits per heavy atom. The van der Waals surface area contributed by atoms with Crippen molar-refractivity contribution in [3.8, 4) is 17.1 Å². The smallest absolute Gasteiger partial charge is 0.230 e. The minimum Gasteiger partial charge on any atom is -0.486 e. The number of hydrogen-bond acceptors (Lipinski definition) is 6. The van der Waals surface area contributed by atoms with Crippen molar-refractivity contribution in [3.63, 3.8) is 0 Å². The largest absolute Gasteiger partial charge is 0.486 e. The molecule has 2 heterocycles. The highest BCUT2D eigenvalue weighted by molar-refractivity contribution is 7.09. The average Bonchev–Trinajstić information content (AvgIpc) is 3.37. The van der Waals surface area contributed by atoms with Gasteiger partial charge in [-0.1, -0.05) is 11.6 Å². The summed E-state index contributed by atoms with van der Waals surface area (Å²) < 4.78 is 5.69. The molecular weight excluding hydrogens is 422 g/mol. The minimum absolute atomic E-state index is 0.132. The van der Waals surface area contributed by atoms with Crippen molar-refractivity contribution in [2.45, 2.75) is 20.0 Å². The predicted octanol–water partition coefficient (Wildman–Crippen LogP) is 4.65. The number of anilines is 1. The van der Waals surface area contributed by atoms with Gasteiger partial charge in [-0.3, -0.25) is 9.89 Å². The molecule has 2 N–H and O–H groups in total. The van der Waals surface area contributed by atoms with Crippen LogP contribution in [0.5, 0.6) is 5.75 Å². The molecule has 0 aliphatic heterocycles. The van der Waals surface area contributed by atoms with E-state index in [9.17, 15) is 4.79 Å². The van der Waals surface area contributed by atoms with Crippen molar-refractivity contribution < 1.29 is 9.53 Å². The van der Waals surface area contributed by atoms with E-state index in [0.29, 0.717) is 28.8 Å². The molecule has 0 unspecified atom stereocenters. The van der Waals surface area contributed by atoms with Crippen LogP contribution in [0, 0.1) is 6.92 Å². The van der Waals surface area contributed by atoms with Gasteiger partial charge in [-0.15, -0.1) is 11.3 Å². The van der Waals surface area contributed by atoms with E-state index in [1.165, 1.54) is 11.3 Å². The van der Waals surface area contributed by atoms with Crippen LogP contribution in [0.4, 0.5) is 5.69 Å². The van der Waals surface area contributed by atoms with E-state index in [2.05, 4.69) is 25.5 Å². The number of thiazole rings is 1. The van der Waals surface area contributed by atoms with Crippen molar-refractivity contribution >= 4 is 34.5 Å². The fourth-order valence-corrected chi connectivity index (χ4v) is 3.55. The second-order valence-corrected chi connectivity index (χ2v) is 7.90. The topological polar surface area (TPSA) is 92.8 Å². The molecule has 9 heteroatoms. The first-order valence-electron chi connectivity index (χ1n) is 9.16. The quantitative estimate of drug-likeness (QED) is 0.437. The summed E-state index contributed by atoms with van der Waals surface area (Å²) in [7, 11) is 0. The fourth-order valence-electron chi connectivity index (χ4n) is 2.72. The first-order chi connectivity index (χ1) is 14.5. The van der Waals surface area contributed by atoms with E-state index in [0.717, 1.165) is 22.1 Å². The molecular formula is C21H18ClN5O2S. The van der Waals surface area contributed by atoms with Gasteiger partial charge in [-0.25, -0.2) is 9.97 Å². The lowest BCUT2D eigenvalue weighted by atomic mass is 10.2. The van der Waals surface area contributed by atoms with Crippen LogP contribution in [0.15, 0.2) is 53.9 Å². The molecule has 0 aliphatic carbocycles. The number of H-pyrrole nitrogens is 1. The number of nitrogens with zero attached hydrogens (tertiary/aromatic N) is 3. The lowest BCUT2D eigenvalue weighted by Crippen LogP contribution is -2.14. The maximum absolute atomic E-state index is 12.3. The molecule has 0 fully saturated rings. The third-order valence-electron chi connectivity index (χ3n) is 4.14. The van der Waals surface area contributed by atoms with Gasteiger partial charge in [0.05, 0.1) is 12.1 Å². The summed E-state index contributed by atoms with van der Waals surface area (Å²) in [4.78, 5) is 21.1. The second kappa shape index (κ2) is 9.06. The molecule has 0 radical (unpaired) electrons. The van der Waals surface area contributed by atoms with Crippen LogP contribution >= 0.6 is 22.9 Å². The maximum Gasteiger partial charge on any atom is 0.230 e. The zero-order valence-electron chi connectivity index (χ0n) is 16.1. The SMILES string of the molecule is Cc1nc(-c2ccc(NC(=O)Cc3csc(COc4ccc(Cl)cc4)n3)cc2)n[nH]1. The Hall–Kier alpha value is -3.23. The molecule has 0 atom stereocenters. The molecule has 152 valence electrons. The number of amides is 1. The van der Waals surface area contributed by atoms with Crippen LogP contribution in [0.2, 0.25) is 5.02 Å². The highest BCUT2D eigenvalue weighted by atomic mass is 35.5. The third-order valence-corrected chi connectivity index (χ3v) is 5.26. The summed E-state index contributed by atoms with van der Waals surface area (Å²) in [6.07, 6.45) is 0.194. The Labute approximate surface area is 182 Å². The molecule has 0 spiro atoms. The molecule has 1 amide bonds. The Morgan fingerprint density at radius 2 is 1.90 bits per heavy atom. The molecule has 2 aromatic carbocycles. The summed E-state index contributed by atoms with van der Waals surface area (Å²) in [5.74, 6) is 1.97. The Bertz CT molecular complexity index is 1140. The molecule has 7 nitrogen and oxygen atoms in total. The number of carbonyl (C=O) groups is 1. The van der Waals surface area contributed by atoms with Gasteiger partial charge in [-0.2, -0.15) is 5.10 Å². The number of rotatable bonds is 7. The number of ether oxygens (including phenoxy) is 1. The van der Waals surface area contributed by atoms with Crippen LogP contribution in [-0.4, -0.2) is 26.1 Å². The average molecular weight is 440 g/mol.